The summed E-state index contributed by atoms with van der Waals surface area (Å²) in [6.45, 7) is 2.35. The van der Waals surface area contributed by atoms with Crippen LogP contribution in [-0.4, -0.2) is 24.4 Å². The molecule has 0 fully saturated rings. The molecule has 0 aliphatic carbocycles. The van der Waals surface area contributed by atoms with E-state index < -0.39 is 17.8 Å². The summed E-state index contributed by atoms with van der Waals surface area (Å²) in [5, 5.41) is 3.74. The van der Waals surface area contributed by atoms with Crippen LogP contribution in [0.25, 0.3) is 0 Å². The monoisotopic (exact) mass is 540 g/mol. The molecule has 36 heavy (non-hydrogen) atoms. The van der Waals surface area contributed by atoms with E-state index in [-0.39, 0.29) is 10.6 Å². The van der Waals surface area contributed by atoms with Crippen molar-refractivity contribution in [3.05, 3.63) is 99.0 Å². The topological polar surface area (TPSA) is 75.7 Å². The number of imide groups is 1. The van der Waals surface area contributed by atoms with Gasteiger partial charge in [-0.25, -0.2) is 9.69 Å². The highest BCUT2D eigenvalue weighted by Crippen LogP contribution is 2.38. The Morgan fingerprint density at radius 1 is 0.944 bits per heavy atom. The lowest BCUT2D eigenvalue weighted by atomic mass is 10.2. The van der Waals surface area contributed by atoms with Crippen molar-refractivity contribution in [2.24, 2.45) is 0 Å². The number of hydrogen-bond donors (Lipinski definition) is 1. The molecule has 184 valence electrons. The second-order valence-corrected chi connectivity index (χ2v) is 9.75. The van der Waals surface area contributed by atoms with Crippen molar-refractivity contribution >= 4 is 64.1 Å². The zero-order valence-electron chi connectivity index (χ0n) is 19.3. The molecule has 0 saturated carbocycles. The third kappa shape index (κ3) is 5.75. The van der Waals surface area contributed by atoms with Crippen LogP contribution in [-0.2, 0) is 14.3 Å². The number of anilines is 2. The summed E-state index contributed by atoms with van der Waals surface area (Å²) in [6.07, 6.45) is 1.70. The summed E-state index contributed by atoms with van der Waals surface area (Å²) in [6, 6.07) is 20.3. The maximum absolute atomic E-state index is 13.5. The van der Waals surface area contributed by atoms with Crippen LogP contribution in [0, 0.1) is 0 Å². The predicted octanol–water partition coefficient (Wildman–Crippen LogP) is 6.94. The second kappa shape index (κ2) is 11.6. The molecule has 0 spiro atoms. The summed E-state index contributed by atoms with van der Waals surface area (Å²) in [4.78, 5) is 41.3. The number of nitrogens with one attached hydrogen (secondary N) is 1. The first kappa shape index (κ1) is 25.8. The Labute approximate surface area is 223 Å². The van der Waals surface area contributed by atoms with Crippen LogP contribution in [0.15, 0.2) is 88.3 Å². The summed E-state index contributed by atoms with van der Waals surface area (Å²) < 4.78 is 5.23. The van der Waals surface area contributed by atoms with E-state index in [4.69, 9.17) is 27.9 Å². The number of hydrogen-bond acceptors (Lipinski definition) is 6. The number of benzene rings is 3. The number of nitrogens with zero attached hydrogens (tertiary/aromatic N) is 1. The average molecular weight is 541 g/mol. The molecule has 0 bridgehead atoms. The number of unbranched alkanes of at least 4 members (excludes halogenated alkanes) is 1. The van der Waals surface area contributed by atoms with Gasteiger partial charge in [0.25, 0.3) is 11.8 Å². The maximum Gasteiger partial charge on any atom is 0.338 e. The van der Waals surface area contributed by atoms with Crippen molar-refractivity contribution < 1.29 is 19.1 Å². The van der Waals surface area contributed by atoms with Gasteiger partial charge in [-0.1, -0.05) is 66.5 Å². The first-order chi connectivity index (χ1) is 17.4. The van der Waals surface area contributed by atoms with Crippen LogP contribution >= 0.6 is 35.0 Å². The SMILES string of the molecule is CCCCOC(=O)c1ccc(N2C(=O)C(Nc3ccc(Cl)c(Cl)c3)=C(Sc3ccccc3)C2=O)cc1. The van der Waals surface area contributed by atoms with Gasteiger partial charge in [-0.05, 0) is 61.0 Å². The molecule has 0 aromatic heterocycles. The van der Waals surface area contributed by atoms with Crippen LogP contribution in [0.3, 0.4) is 0 Å². The fourth-order valence-corrected chi connectivity index (χ4v) is 4.66. The van der Waals surface area contributed by atoms with Crippen molar-refractivity contribution in [1.82, 2.24) is 0 Å². The minimum Gasteiger partial charge on any atom is -0.462 e. The first-order valence-corrected chi connectivity index (χ1v) is 12.8. The smallest absolute Gasteiger partial charge is 0.338 e. The molecular weight excluding hydrogens is 519 g/mol. The fourth-order valence-electron chi connectivity index (χ4n) is 3.41. The molecular formula is C27H22Cl2N2O4S. The van der Waals surface area contributed by atoms with E-state index in [9.17, 15) is 14.4 Å². The number of carbonyl (C=O) groups excluding carboxylic acids is 3. The van der Waals surface area contributed by atoms with Crippen molar-refractivity contribution in [2.45, 2.75) is 24.7 Å². The molecule has 1 heterocycles. The summed E-state index contributed by atoms with van der Waals surface area (Å²) in [7, 11) is 0. The Morgan fingerprint density at radius 3 is 2.33 bits per heavy atom. The number of ether oxygens (including phenoxy) is 1. The number of rotatable bonds is 9. The largest absolute Gasteiger partial charge is 0.462 e. The lowest BCUT2D eigenvalue weighted by Crippen LogP contribution is -2.32. The normalized spacial score (nSPS) is 13.4. The average Bonchev–Trinajstić information content (AvgIpc) is 3.11. The molecule has 3 aromatic carbocycles. The van der Waals surface area contributed by atoms with Crippen LogP contribution in [0.2, 0.25) is 10.0 Å². The summed E-state index contributed by atoms with van der Waals surface area (Å²) in [5.74, 6) is -1.45. The lowest BCUT2D eigenvalue weighted by molar-refractivity contribution is -0.120. The lowest BCUT2D eigenvalue weighted by Gasteiger charge is -2.16. The minimum atomic E-state index is -0.525. The fraction of sp³-hybridized carbons (Fsp3) is 0.148. The summed E-state index contributed by atoms with van der Waals surface area (Å²) >= 11 is 13.4. The third-order valence-electron chi connectivity index (χ3n) is 5.29. The number of thioether (sulfide) groups is 1. The van der Waals surface area contributed by atoms with E-state index in [2.05, 4.69) is 5.32 Å². The molecule has 1 aliphatic heterocycles. The molecule has 0 unspecified atom stereocenters. The number of amides is 2. The number of halogens is 2. The van der Waals surface area contributed by atoms with Gasteiger partial charge in [-0.3, -0.25) is 9.59 Å². The molecule has 4 rings (SSSR count). The van der Waals surface area contributed by atoms with Crippen molar-refractivity contribution in [3.8, 4) is 0 Å². The Kier molecular flexibility index (Phi) is 8.36. The van der Waals surface area contributed by atoms with Crippen LogP contribution in [0.4, 0.5) is 11.4 Å². The van der Waals surface area contributed by atoms with Crippen LogP contribution in [0.5, 0.6) is 0 Å². The van der Waals surface area contributed by atoms with Gasteiger partial charge in [0.05, 0.1) is 27.9 Å². The number of carbonyl (C=O) groups is 3. The molecule has 1 aliphatic rings. The van der Waals surface area contributed by atoms with Gasteiger partial charge >= 0.3 is 5.97 Å². The third-order valence-corrected chi connectivity index (χ3v) is 7.12. The molecule has 6 nitrogen and oxygen atoms in total. The quantitative estimate of drug-likeness (QED) is 0.180. The predicted molar refractivity (Wildman–Crippen MR) is 144 cm³/mol. The molecule has 0 saturated heterocycles. The highest BCUT2D eigenvalue weighted by Gasteiger charge is 2.40. The minimum absolute atomic E-state index is 0.121. The molecule has 3 aromatic rings. The van der Waals surface area contributed by atoms with Gasteiger partial charge in [-0.15, -0.1) is 0 Å². The van der Waals surface area contributed by atoms with Gasteiger partial charge in [0.1, 0.15) is 10.6 Å². The summed E-state index contributed by atoms with van der Waals surface area (Å²) in [5.41, 5.74) is 1.32. The van der Waals surface area contributed by atoms with E-state index in [1.165, 1.54) is 11.8 Å². The highest BCUT2D eigenvalue weighted by molar-refractivity contribution is 8.04. The molecule has 1 N–H and O–H groups in total. The Hall–Kier alpha value is -3.26. The zero-order chi connectivity index (χ0) is 25.7. The molecule has 0 radical (unpaired) electrons. The molecule has 2 amide bonds. The van der Waals surface area contributed by atoms with Crippen LogP contribution < -0.4 is 10.2 Å². The Bertz CT molecular complexity index is 1330. The Morgan fingerprint density at radius 2 is 1.67 bits per heavy atom. The van der Waals surface area contributed by atoms with Gasteiger partial charge < -0.3 is 10.1 Å². The maximum atomic E-state index is 13.5. The second-order valence-electron chi connectivity index (χ2n) is 7.86. The van der Waals surface area contributed by atoms with E-state index in [1.807, 2.05) is 37.3 Å². The molecule has 0 atom stereocenters. The zero-order valence-corrected chi connectivity index (χ0v) is 21.6. The van der Waals surface area contributed by atoms with E-state index in [0.717, 1.165) is 22.6 Å². The van der Waals surface area contributed by atoms with Gasteiger partial charge in [0.15, 0.2) is 0 Å². The van der Waals surface area contributed by atoms with Gasteiger partial charge in [0, 0.05) is 10.6 Å². The van der Waals surface area contributed by atoms with Gasteiger partial charge in [-0.2, -0.15) is 0 Å². The van der Waals surface area contributed by atoms with E-state index >= 15 is 0 Å². The number of esters is 1. The van der Waals surface area contributed by atoms with Crippen molar-refractivity contribution in [3.63, 3.8) is 0 Å². The Balaban J connectivity index is 1.63. The van der Waals surface area contributed by atoms with E-state index in [1.54, 1.807) is 42.5 Å². The van der Waals surface area contributed by atoms with Gasteiger partial charge in [0.2, 0.25) is 0 Å². The van der Waals surface area contributed by atoms with Crippen LogP contribution in [0.1, 0.15) is 30.1 Å². The van der Waals surface area contributed by atoms with Crippen molar-refractivity contribution in [2.75, 3.05) is 16.8 Å². The standard InChI is InChI=1S/C27H22Cl2N2O4S/c1-2-3-15-35-27(34)17-9-12-19(13-10-17)31-25(32)23(30-18-11-14-21(28)22(29)16-18)24(26(31)33)36-20-7-5-4-6-8-20/h4-14,16,30H,2-3,15H2,1H3. The van der Waals surface area contributed by atoms with E-state index in [0.29, 0.717) is 33.6 Å². The van der Waals surface area contributed by atoms with Crippen molar-refractivity contribution in [1.29, 1.82) is 0 Å². The molecule has 9 heteroatoms. The highest BCUT2D eigenvalue weighted by atomic mass is 35.5. The first-order valence-electron chi connectivity index (χ1n) is 11.2.